The van der Waals surface area contributed by atoms with E-state index < -0.39 is 0 Å². The molecule has 0 saturated carbocycles. The zero-order valence-electron chi connectivity index (χ0n) is 50.4. The van der Waals surface area contributed by atoms with E-state index in [9.17, 15) is 8.78 Å². The highest BCUT2D eigenvalue weighted by Crippen LogP contribution is 2.29. The molecular formula is C66H73F2N19O4. The first-order valence-corrected chi connectivity index (χ1v) is 29.9. The quantitative estimate of drug-likeness (QED) is 0.0144. The number of piperidine rings is 1. The Kier molecular flexibility index (Phi) is 22.3. The summed E-state index contributed by atoms with van der Waals surface area (Å²) < 4.78 is 36.7. The first-order valence-electron chi connectivity index (χ1n) is 29.9. The van der Waals surface area contributed by atoms with Gasteiger partial charge in [0.25, 0.3) is 0 Å². The van der Waals surface area contributed by atoms with Crippen molar-refractivity contribution in [2.45, 2.75) is 45.3 Å². The molecular weight excluding hydrogens is 1160 g/mol. The van der Waals surface area contributed by atoms with E-state index in [0.29, 0.717) is 72.1 Å². The maximum absolute atomic E-state index is 13.6. The van der Waals surface area contributed by atoms with Crippen LogP contribution in [0.2, 0.25) is 0 Å². The maximum Gasteiger partial charge on any atom is 0.144 e. The normalized spacial score (nSPS) is 14.1. The Morgan fingerprint density at radius 1 is 0.560 bits per heavy atom. The molecule has 0 unspecified atom stereocenters. The number of aromatic nitrogens is 8. The van der Waals surface area contributed by atoms with Crippen LogP contribution in [0.3, 0.4) is 0 Å². The molecule has 23 nitrogen and oxygen atoms in total. The van der Waals surface area contributed by atoms with Gasteiger partial charge in [-0.2, -0.15) is 0 Å². The van der Waals surface area contributed by atoms with Crippen molar-refractivity contribution in [3.8, 4) is 0 Å². The zero-order valence-corrected chi connectivity index (χ0v) is 50.4. The molecule has 1 atom stereocenters. The van der Waals surface area contributed by atoms with Crippen LogP contribution in [0.1, 0.15) is 65.6 Å². The lowest BCUT2D eigenvalue weighted by atomic mass is 10.1. The number of nitrogen functional groups attached to an aromatic ring is 3. The van der Waals surface area contributed by atoms with Crippen LogP contribution in [0.15, 0.2) is 174 Å². The van der Waals surface area contributed by atoms with E-state index in [1.807, 2.05) is 110 Å². The third-order valence-corrected chi connectivity index (χ3v) is 15.2. The lowest BCUT2D eigenvalue weighted by molar-refractivity contribution is 0.0214. The van der Waals surface area contributed by atoms with Gasteiger partial charge in [-0.1, -0.05) is 76.5 Å². The molecule has 5 aromatic heterocycles. The van der Waals surface area contributed by atoms with E-state index in [4.69, 9.17) is 36.8 Å². The summed E-state index contributed by atoms with van der Waals surface area (Å²) >= 11 is 0. The Morgan fingerprint density at radius 2 is 1.04 bits per heavy atom. The molecule has 2 saturated heterocycles. The van der Waals surface area contributed by atoms with Crippen molar-refractivity contribution in [2.24, 2.45) is 15.5 Å². The number of nitrogens with two attached hydrogens (primary N) is 3. The number of nitrogens with zero attached hydrogens (tertiary/aromatic N) is 13. The highest BCUT2D eigenvalue weighted by Gasteiger charge is 2.16. The van der Waals surface area contributed by atoms with Gasteiger partial charge < -0.3 is 61.9 Å². The number of likely N-dealkylation sites (tertiary alicyclic amines) is 1. The number of halogens is 2. The summed E-state index contributed by atoms with van der Waals surface area (Å²) in [5.74, 6) is 2.02. The van der Waals surface area contributed by atoms with Gasteiger partial charge in [0.1, 0.15) is 78.7 Å². The van der Waals surface area contributed by atoms with Crippen molar-refractivity contribution in [1.29, 1.82) is 0 Å². The molecule has 12 rings (SSSR count). The van der Waals surface area contributed by atoms with Gasteiger partial charge >= 0.3 is 0 Å². The van der Waals surface area contributed by atoms with Gasteiger partial charge in [0.15, 0.2) is 0 Å². The van der Waals surface area contributed by atoms with Crippen LogP contribution in [0, 0.1) is 11.6 Å². The van der Waals surface area contributed by atoms with Crippen molar-refractivity contribution < 1.29 is 28.4 Å². The van der Waals surface area contributed by atoms with Crippen LogP contribution >= 0.6 is 0 Å². The standard InChI is InChI=1S/C27H30FN7O.C26H28FN7O2.C13H15N5O/c28-22-6-4-5-20(15-22)18-35-12-9-21-16-23(7-8-25(21)35)33-27-24(26(29)30-19-31-27)17-32-36-14-13-34-10-2-1-3-11-34;27-21-3-1-2-19(14-21)17-34-7-6-20-15-22(4-5-24(20)34)32-26-23(25(28)29-18-30-26)16-31-36-13-10-33-8-11-35-12-9-33;1-9(10-5-3-2-4-6-10)18-13-11(7-17-19)12(14)15-8-16-13/h4-9,12,15-17,19H,1-3,10-11,13-14,18H2,(H3,29,30,31,33);1-7,14-16,18H,8-13,17H2,(H3,28,29,30,32);2-9,19H,1H3,(H3,14,15,16,18)/b32-17+;31-16+;17-7+/t;;9-/m..0/s1. The Bertz CT molecular complexity index is 3850. The number of hydrogen-bond acceptors (Lipinski definition) is 21. The fraction of sp³-hybridized carbons (Fsp3) is 0.258. The van der Waals surface area contributed by atoms with E-state index >= 15 is 0 Å². The number of ether oxygens (including phenoxy) is 1. The van der Waals surface area contributed by atoms with E-state index in [2.05, 4.69) is 80.3 Å². The molecule has 0 bridgehead atoms. The predicted molar refractivity (Wildman–Crippen MR) is 353 cm³/mol. The highest BCUT2D eigenvalue weighted by atomic mass is 19.1. The van der Waals surface area contributed by atoms with Gasteiger partial charge in [-0.05, 0) is 122 Å². The Balaban J connectivity index is 0.000000157. The first-order chi connectivity index (χ1) is 44.5. The second kappa shape index (κ2) is 32.0. The Morgan fingerprint density at radius 3 is 1.54 bits per heavy atom. The summed E-state index contributed by atoms with van der Waals surface area (Å²) in [6.45, 7) is 11.4. The number of rotatable bonds is 22. The highest BCUT2D eigenvalue weighted by molar-refractivity contribution is 5.95. The zero-order chi connectivity index (χ0) is 63.2. The number of anilines is 8. The molecule has 0 amide bonds. The van der Waals surface area contributed by atoms with Crippen LogP contribution in [0.5, 0.6) is 0 Å². The third-order valence-electron chi connectivity index (χ3n) is 15.2. The van der Waals surface area contributed by atoms with Crippen LogP contribution < -0.4 is 33.2 Å². The van der Waals surface area contributed by atoms with E-state index in [1.165, 1.54) is 62.8 Å². The summed E-state index contributed by atoms with van der Waals surface area (Å²) in [6.07, 6.45) is 16.3. The fourth-order valence-corrected chi connectivity index (χ4v) is 10.4. The van der Waals surface area contributed by atoms with Crippen molar-refractivity contribution >= 4 is 86.7 Å². The molecule has 470 valence electrons. The maximum atomic E-state index is 13.6. The fourth-order valence-electron chi connectivity index (χ4n) is 10.4. The van der Waals surface area contributed by atoms with Gasteiger partial charge in [0, 0.05) is 90.9 Å². The number of morpholine rings is 1. The molecule has 5 aromatic carbocycles. The smallest absolute Gasteiger partial charge is 0.144 e. The molecule has 10 N–H and O–H groups in total. The first kappa shape index (κ1) is 63.4. The number of benzene rings is 5. The van der Waals surface area contributed by atoms with Crippen LogP contribution in [0.4, 0.5) is 55.1 Å². The Labute approximate surface area is 525 Å². The molecule has 7 heterocycles. The predicted octanol–water partition coefficient (Wildman–Crippen LogP) is 10.4. The van der Waals surface area contributed by atoms with Gasteiger partial charge in [0.2, 0.25) is 0 Å². The van der Waals surface area contributed by atoms with Crippen LogP contribution in [0.25, 0.3) is 21.8 Å². The van der Waals surface area contributed by atoms with E-state index in [-0.39, 0.29) is 23.5 Å². The van der Waals surface area contributed by atoms with Crippen molar-refractivity contribution in [3.63, 3.8) is 0 Å². The summed E-state index contributed by atoms with van der Waals surface area (Å²) in [6, 6.07) is 39.4. The SMILES string of the molecule is C[C@H](Nc1ncnc(N)c1/C=N/O)c1ccccc1.Nc1ncnc(Nc2ccc3c(ccn3Cc3cccc(F)c3)c2)c1/C=N/OCCN1CCCCC1.Nc1ncnc(Nc2ccc3c(ccn3Cc3cccc(F)c3)c2)c1/C=N/OCCN1CCOCC1. The lowest BCUT2D eigenvalue weighted by Gasteiger charge is -2.25. The van der Waals surface area contributed by atoms with Gasteiger partial charge in [-0.25, -0.2) is 38.7 Å². The van der Waals surface area contributed by atoms with E-state index in [1.54, 1.807) is 30.5 Å². The van der Waals surface area contributed by atoms with Gasteiger partial charge in [-0.15, -0.1) is 0 Å². The van der Waals surface area contributed by atoms with Crippen molar-refractivity contribution in [3.05, 3.63) is 204 Å². The minimum Gasteiger partial charge on any atom is -0.411 e. The van der Waals surface area contributed by atoms with Crippen LogP contribution in [-0.4, -0.2) is 138 Å². The molecule has 0 spiro atoms. The summed E-state index contributed by atoms with van der Waals surface area (Å²) in [5, 5.41) is 31.8. The number of oxime groups is 3. The van der Waals surface area contributed by atoms with E-state index in [0.717, 1.165) is 102 Å². The summed E-state index contributed by atoms with van der Waals surface area (Å²) in [4.78, 5) is 40.4. The second-order valence-corrected chi connectivity index (χ2v) is 21.5. The van der Waals surface area contributed by atoms with Crippen molar-refractivity contribution in [2.75, 3.05) is 98.8 Å². The summed E-state index contributed by atoms with van der Waals surface area (Å²) in [7, 11) is 0. The largest absolute Gasteiger partial charge is 0.411 e. The lowest BCUT2D eigenvalue weighted by Crippen LogP contribution is -2.38. The minimum absolute atomic E-state index is 0.0429. The number of nitrogens with one attached hydrogen (secondary N) is 3. The molecule has 10 aromatic rings. The third kappa shape index (κ3) is 18.0. The van der Waals surface area contributed by atoms with Gasteiger partial charge in [0.05, 0.1) is 48.5 Å². The Hall–Kier alpha value is -10.6. The van der Waals surface area contributed by atoms with Crippen LogP contribution in [-0.2, 0) is 27.5 Å². The molecule has 91 heavy (non-hydrogen) atoms. The second-order valence-electron chi connectivity index (χ2n) is 21.5. The molecule has 0 radical (unpaired) electrons. The average Bonchev–Trinajstić information content (AvgIpc) is 2.46. The monoisotopic (exact) mass is 1230 g/mol. The summed E-state index contributed by atoms with van der Waals surface area (Å²) in [5.41, 5.74) is 26.2. The molecule has 2 aliphatic heterocycles. The van der Waals surface area contributed by atoms with Crippen molar-refractivity contribution in [1.82, 2.24) is 48.8 Å². The molecule has 2 aliphatic rings. The topological polar surface area (TPSA) is 293 Å². The molecule has 25 heteroatoms. The molecule has 2 fully saturated rings. The number of fused-ring (bicyclic) bond motifs is 2. The molecule has 0 aliphatic carbocycles. The minimum atomic E-state index is -0.235. The number of hydrogen-bond donors (Lipinski definition) is 7. The van der Waals surface area contributed by atoms with Gasteiger partial charge in [-0.3, -0.25) is 9.80 Å². The average molecular weight is 1230 g/mol.